The minimum Gasteiger partial charge on any atom is -0.480 e. The van der Waals surface area contributed by atoms with Crippen LogP contribution in [0.15, 0.2) is 0 Å². The maximum absolute atomic E-state index is 11.8. The van der Waals surface area contributed by atoms with Crippen molar-refractivity contribution in [3.05, 3.63) is 0 Å². The lowest BCUT2D eigenvalue weighted by molar-refractivity contribution is -0.148. The number of likely N-dealkylation sites (N-methyl/N-ethyl adjacent to an activating group) is 1. The molecular formula is C11H21NO3S2. The summed E-state index contributed by atoms with van der Waals surface area (Å²) in [6.07, 6.45) is 0.929. The van der Waals surface area contributed by atoms with E-state index in [0.29, 0.717) is 12.8 Å². The first-order chi connectivity index (χ1) is 7.59. The number of carboxylic acid groups (broad SMARTS) is 1. The fraction of sp³-hybridized carbons (Fsp3) is 0.818. The zero-order valence-electron chi connectivity index (χ0n) is 10.7. The van der Waals surface area contributed by atoms with Gasteiger partial charge in [-0.25, -0.2) is 4.79 Å². The van der Waals surface area contributed by atoms with E-state index >= 15 is 0 Å². The largest absolute Gasteiger partial charge is 0.480 e. The smallest absolute Gasteiger partial charge is 0.326 e. The second-order valence-corrected chi connectivity index (χ2v) is 6.32. The van der Waals surface area contributed by atoms with Crippen LogP contribution in [-0.2, 0) is 9.59 Å². The number of amides is 1. The Morgan fingerprint density at radius 3 is 2.18 bits per heavy atom. The summed E-state index contributed by atoms with van der Waals surface area (Å²) in [6, 6.07) is -0.798. The highest BCUT2D eigenvalue weighted by Crippen LogP contribution is 2.32. The van der Waals surface area contributed by atoms with Crippen molar-refractivity contribution in [2.45, 2.75) is 44.2 Å². The van der Waals surface area contributed by atoms with Crippen LogP contribution in [0.4, 0.5) is 0 Å². The Morgan fingerprint density at radius 2 is 1.82 bits per heavy atom. The summed E-state index contributed by atoms with van der Waals surface area (Å²) in [5.41, 5.74) is -0.171. The van der Waals surface area contributed by atoms with Crippen LogP contribution in [-0.4, -0.2) is 39.6 Å². The summed E-state index contributed by atoms with van der Waals surface area (Å²) in [5, 5.41) is 8.80. The van der Waals surface area contributed by atoms with Gasteiger partial charge in [0.05, 0.1) is 0 Å². The van der Waals surface area contributed by atoms with Gasteiger partial charge in [-0.15, -0.1) is 0 Å². The van der Waals surface area contributed by atoms with E-state index in [1.165, 1.54) is 18.9 Å². The molecule has 0 unspecified atom stereocenters. The van der Waals surface area contributed by atoms with Crippen molar-refractivity contribution in [1.82, 2.24) is 4.90 Å². The Kier molecular flexibility index (Phi) is 6.40. The quantitative estimate of drug-likeness (QED) is 0.514. The van der Waals surface area contributed by atoms with E-state index in [-0.39, 0.29) is 15.9 Å². The molecule has 100 valence electrons. The second-order valence-electron chi connectivity index (χ2n) is 4.88. The molecule has 4 nitrogen and oxygen atoms in total. The second kappa shape index (κ2) is 6.54. The van der Waals surface area contributed by atoms with Gasteiger partial charge in [0, 0.05) is 18.1 Å². The zero-order valence-corrected chi connectivity index (χ0v) is 12.5. The molecule has 17 heavy (non-hydrogen) atoms. The highest BCUT2D eigenvalue weighted by atomic mass is 32.2. The number of aliphatic carboxylic acids is 1. The summed E-state index contributed by atoms with van der Waals surface area (Å²) in [5.74, 6) is -1.17. The first-order valence-electron chi connectivity index (χ1n) is 5.44. The number of hydrogen-bond acceptors (Lipinski definition) is 4. The van der Waals surface area contributed by atoms with Crippen molar-refractivity contribution < 1.29 is 14.7 Å². The minimum absolute atomic E-state index is 0.113. The van der Waals surface area contributed by atoms with E-state index in [1.54, 1.807) is 0 Å². The van der Waals surface area contributed by atoms with E-state index in [2.05, 4.69) is 25.3 Å². The van der Waals surface area contributed by atoms with E-state index < -0.39 is 12.0 Å². The highest BCUT2D eigenvalue weighted by Gasteiger charge is 2.27. The number of rotatable bonds is 6. The van der Waals surface area contributed by atoms with Crippen LogP contribution < -0.4 is 0 Å². The molecule has 6 heteroatoms. The van der Waals surface area contributed by atoms with Gasteiger partial charge in [0.25, 0.3) is 0 Å². The first kappa shape index (κ1) is 16.6. The molecule has 1 atom stereocenters. The molecular weight excluding hydrogens is 258 g/mol. The molecule has 1 N–H and O–H groups in total. The molecule has 0 saturated carbocycles. The third-order valence-corrected chi connectivity index (χ3v) is 4.41. The molecule has 0 heterocycles. The molecule has 0 aromatic heterocycles. The van der Waals surface area contributed by atoms with Crippen LogP contribution in [0.1, 0.15) is 33.6 Å². The predicted molar refractivity (Wildman–Crippen MR) is 74.6 cm³/mol. The fourth-order valence-electron chi connectivity index (χ4n) is 1.12. The maximum atomic E-state index is 11.8. The highest BCUT2D eigenvalue weighted by molar-refractivity contribution is 7.99. The SMILES string of the molecule is C[C@@H](C(=O)O)N(C)C(=O)CCC(C)(C)C(S)S. The van der Waals surface area contributed by atoms with Crippen molar-refractivity contribution in [2.75, 3.05) is 7.05 Å². The monoisotopic (exact) mass is 279 g/mol. The minimum atomic E-state index is -0.999. The molecule has 0 fully saturated rings. The van der Waals surface area contributed by atoms with Crippen molar-refractivity contribution in [3.8, 4) is 0 Å². The van der Waals surface area contributed by atoms with Gasteiger partial charge in [-0.05, 0) is 18.8 Å². The number of hydrogen-bond donors (Lipinski definition) is 3. The molecule has 0 aromatic carbocycles. The molecule has 0 aliphatic rings. The lowest BCUT2D eigenvalue weighted by Crippen LogP contribution is -2.40. The molecule has 0 radical (unpaired) electrons. The van der Waals surface area contributed by atoms with Crippen LogP contribution in [0.5, 0.6) is 0 Å². The predicted octanol–water partition coefficient (Wildman–Crippen LogP) is 1.91. The standard InChI is InChI=1S/C11H21NO3S2/c1-7(9(14)15)12(4)8(13)5-6-11(2,3)10(16)17/h7,10,16-17H,5-6H2,1-4H3,(H,14,15)/t7-/m0/s1. The molecule has 0 aliphatic heterocycles. The maximum Gasteiger partial charge on any atom is 0.326 e. The summed E-state index contributed by atoms with van der Waals surface area (Å²) < 4.78 is -0.113. The summed E-state index contributed by atoms with van der Waals surface area (Å²) >= 11 is 8.50. The Labute approximate surface area is 114 Å². The van der Waals surface area contributed by atoms with Gasteiger partial charge in [-0.3, -0.25) is 4.79 Å². The lowest BCUT2D eigenvalue weighted by Gasteiger charge is -2.29. The normalized spacial score (nSPS) is 13.6. The van der Waals surface area contributed by atoms with Gasteiger partial charge in [0.1, 0.15) is 6.04 Å². The molecule has 0 aliphatic carbocycles. The van der Waals surface area contributed by atoms with Crippen LogP contribution in [0.3, 0.4) is 0 Å². The van der Waals surface area contributed by atoms with Crippen molar-refractivity contribution in [1.29, 1.82) is 0 Å². The fourth-order valence-corrected chi connectivity index (χ4v) is 1.37. The molecule has 0 aromatic rings. The zero-order chi connectivity index (χ0) is 13.8. The average Bonchev–Trinajstić information content (AvgIpc) is 2.23. The third kappa shape index (κ3) is 5.21. The average molecular weight is 279 g/mol. The van der Waals surface area contributed by atoms with Crippen molar-refractivity contribution >= 4 is 37.1 Å². The Bertz CT molecular complexity index is 292. The first-order valence-corrected chi connectivity index (χ1v) is 6.47. The van der Waals surface area contributed by atoms with Gasteiger partial charge in [0.2, 0.25) is 5.91 Å². The van der Waals surface area contributed by atoms with E-state index in [9.17, 15) is 9.59 Å². The lowest BCUT2D eigenvalue weighted by atomic mass is 9.89. The molecule has 0 bridgehead atoms. The van der Waals surface area contributed by atoms with Gasteiger partial charge < -0.3 is 10.0 Å². The third-order valence-electron chi connectivity index (χ3n) is 3.01. The van der Waals surface area contributed by atoms with Crippen molar-refractivity contribution in [3.63, 3.8) is 0 Å². The number of carbonyl (C=O) groups excluding carboxylic acids is 1. The molecule has 1 amide bonds. The summed E-state index contributed by atoms with van der Waals surface area (Å²) in [7, 11) is 1.51. The molecule has 0 spiro atoms. The Morgan fingerprint density at radius 1 is 1.35 bits per heavy atom. The number of thiol groups is 2. The van der Waals surface area contributed by atoms with E-state index in [0.717, 1.165) is 0 Å². The number of nitrogens with zero attached hydrogens (tertiary/aromatic N) is 1. The van der Waals surface area contributed by atoms with Gasteiger partial charge in [-0.2, -0.15) is 25.3 Å². The van der Waals surface area contributed by atoms with E-state index in [1.807, 2.05) is 13.8 Å². The number of carboxylic acids is 1. The van der Waals surface area contributed by atoms with Gasteiger partial charge >= 0.3 is 5.97 Å². The van der Waals surface area contributed by atoms with Crippen LogP contribution in [0.25, 0.3) is 0 Å². The Balaban J connectivity index is 4.33. The number of carbonyl (C=O) groups is 2. The molecule has 0 saturated heterocycles. The summed E-state index contributed by atoms with van der Waals surface area (Å²) in [6.45, 7) is 5.45. The van der Waals surface area contributed by atoms with Crippen molar-refractivity contribution in [2.24, 2.45) is 5.41 Å². The van der Waals surface area contributed by atoms with Crippen LogP contribution in [0, 0.1) is 5.41 Å². The van der Waals surface area contributed by atoms with Gasteiger partial charge in [0.15, 0.2) is 0 Å². The van der Waals surface area contributed by atoms with Gasteiger partial charge in [-0.1, -0.05) is 13.8 Å². The van der Waals surface area contributed by atoms with Crippen LogP contribution in [0.2, 0.25) is 0 Å². The van der Waals surface area contributed by atoms with Crippen LogP contribution >= 0.6 is 25.3 Å². The van der Waals surface area contributed by atoms with E-state index in [4.69, 9.17) is 5.11 Å². The summed E-state index contributed by atoms with van der Waals surface area (Å²) in [4.78, 5) is 23.8. The Hall–Kier alpha value is -0.360. The molecule has 0 rings (SSSR count). The topological polar surface area (TPSA) is 57.6 Å².